The standard InChI is InChI=1S/C20H21ClN2O3S/c21-16-3-4-18-14(11-16)10-15(13-26-18)20(24)22-12-17(19-2-1-9-27-19)23-5-7-25-8-6-23/h1-4,9-11,17H,5-8,12-13H2,(H,22,24)/t17-/m0/s1. The Morgan fingerprint density at radius 2 is 2.15 bits per heavy atom. The molecule has 1 aromatic heterocycles. The Bertz CT molecular complexity index is 832. The van der Waals surface area contributed by atoms with E-state index in [2.05, 4.69) is 21.7 Å². The minimum atomic E-state index is -0.101. The summed E-state index contributed by atoms with van der Waals surface area (Å²) in [5.74, 6) is 0.649. The molecule has 1 aromatic carbocycles. The molecule has 1 fully saturated rings. The highest BCUT2D eigenvalue weighted by Crippen LogP contribution is 2.29. The van der Waals surface area contributed by atoms with Crippen LogP contribution < -0.4 is 10.1 Å². The van der Waals surface area contributed by atoms with Gasteiger partial charge in [0.2, 0.25) is 0 Å². The van der Waals surface area contributed by atoms with Gasteiger partial charge in [0.15, 0.2) is 0 Å². The molecule has 0 aliphatic carbocycles. The molecule has 1 N–H and O–H groups in total. The van der Waals surface area contributed by atoms with Crippen LogP contribution in [0.4, 0.5) is 0 Å². The lowest BCUT2D eigenvalue weighted by Gasteiger charge is -2.34. The predicted octanol–water partition coefficient (Wildman–Crippen LogP) is 3.37. The number of fused-ring (bicyclic) bond motifs is 1. The normalized spacial score (nSPS) is 18.2. The van der Waals surface area contributed by atoms with Crippen LogP contribution in [0, 0.1) is 0 Å². The number of carbonyl (C=O) groups excluding carboxylic acids is 1. The molecule has 0 saturated carbocycles. The molecule has 0 radical (unpaired) electrons. The van der Waals surface area contributed by atoms with Crippen LogP contribution in [0.2, 0.25) is 5.02 Å². The molecular formula is C20H21ClN2O3S. The number of carbonyl (C=O) groups is 1. The van der Waals surface area contributed by atoms with E-state index < -0.39 is 0 Å². The highest BCUT2D eigenvalue weighted by atomic mass is 35.5. The van der Waals surface area contributed by atoms with Crippen molar-refractivity contribution in [3.8, 4) is 5.75 Å². The zero-order chi connectivity index (χ0) is 18.6. The Morgan fingerprint density at radius 1 is 1.30 bits per heavy atom. The van der Waals surface area contributed by atoms with Gasteiger partial charge in [-0.3, -0.25) is 9.69 Å². The largest absolute Gasteiger partial charge is 0.488 e. The minimum Gasteiger partial charge on any atom is -0.488 e. The van der Waals surface area contributed by atoms with Gasteiger partial charge in [0.25, 0.3) is 5.91 Å². The van der Waals surface area contributed by atoms with E-state index in [1.54, 1.807) is 17.4 Å². The molecule has 4 rings (SSSR count). The second kappa shape index (κ2) is 8.44. The lowest BCUT2D eigenvalue weighted by molar-refractivity contribution is -0.118. The molecule has 1 atom stereocenters. The summed E-state index contributed by atoms with van der Waals surface area (Å²) in [5, 5.41) is 5.78. The number of ether oxygens (including phenoxy) is 2. The van der Waals surface area contributed by atoms with Crippen LogP contribution in [0.5, 0.6) is 5.75 Å². The van der Waals surface area contributed by atoms with Crippen molar-refractivity contribution in [1.82, 2.24) is 10.2 Å². The number of thiophene rings is 1. The van der Waals surface area contributed by atoms with Gasteiger partial charge in [-0.2, -0.15) is 0 Å². The Hall–Kier alpha value is -1.86. The second-order valence-electron chi connectivity index (χ2n) is 6.53. The SMILES string of the molecule is O=C(NC[C@@H](c1cccs1)N1CCOCC1)C1=Cc2cc(Cl)ccc2OC1. The maximum atomic E-state index is 12.7. The van der Waals surface area contributed by atoms with Crippen molar-refractivity contribution in [3.63, 3.8) is 0 Å². The molecular weight excluding hydrogens is 384 g/mol. The van der Waals surface area contributed by atoms with E-state index >= 15 is 0 Å². The summed E-state index contributed by atoms with van der Waals surface area (Å²) in [6.45, 7) is 4.02. The van der Waals surface area contributed by atoms with Crippen LogP contribution in [0.15, 0.2) is 41.3 Å². The summed E-state index contributed by atoms with van der Waals surface area (Å²) >= 11 is 7.77. The topological polar surface area (TPSA) is 50.8 Å². The Morgan fingerprint density at radius 3 is 2.93 bits per heavy atom. The smallest absolute Gasteiger partial charge is 0.250 e. The molecule has 2 aliphatic heterocycles. The maximum absolute atomic E-state index is 12.7. The number of morpholine rings is 1. The van der Waals surface area contributed by atoms with Gasteiger partial charge in [-0.1, -0.05) is 17.7 Å². The van der Waals surface area contributed by atoms with Crippen molar-refractivity contribution in [2.45, 2.75) is 6.04 Å². The van der Waals surface area contributed by atoms with Crippen LogP contribution in [-0.4, -0.2) is 50.3 Å². The van der Waals surface area contributed by atoms with Gasteiger partial charge in [0.1, 0.15) is 12.4 Å². The second-order valence-corrected chi connectivity index (χ2v) is 7.95. The van der Waals surface area contributed by atoms with Crippen LogP contribution in [0.3, 0.4) is 0 Å². The van der Waals surface area contributed by atoms with E-state index in [4.69, 9.17) is 21.1 Å². The molecule has 0 unspecified atom stereocenters. The average molecular weight is 405 g/mol. The molecule has 27 heavy (non-hydrogen) atoms. The Balaban J connectivity index is 1.45. The number of nitrogens with one attached hydrogen (secondary N) is 1. The van der Waals surface area contributed by atoms with Gasteiger partial charge in [-0.05, 0) is 35.7 Å². The molecule has 142 valence electrons. The van der Waals surface area contributed by atoms with Crippen LogP contribution in [0.25, 0.3) is 6.08 Å². The first-order valence-electron chi connectivity index (χ1n) is 8.97. The maximum Gasteiger partial charge on any atom is 0.250 e. The van der Waals surface area contributed by atoms with Crippen molar-refractivity contribution in [1.29, 1.82) is 0 Å². The molecule has 1 saturated heterocycles. The fraction of sp³-hybridized carbons (Fsp3) is 0.350. The summed E-state index contributed by atoms with van der Waals surface area (Å²) in [7, 11) is 0. The number of halogens is 1. The van der Waals surface area contributed by atoms with Gasteiger partial charge in [0, 0.05) is 35.1 Å². The zero-order valence-electron chi connectivity index (χ0n) is 14.8. The number of rotatable bonds is 5. The highest BCUT2D eigenvalue weighted by molar-refractivity contribution is 7.10. The predicted molar refractivity (Wildman–Crippen MR) is 107 cm³/mol. The van der Waals surface area contributed by atoms with Gasteiger partial charge in [-0.25, -0.2) is 0 Å². The van der Waals surface area contributed by atoms with Gasteiger partial charge in [0.05, 0.1) is 24.8 Å². The number of amides is 1. The first-order chi connectivity index (χ1) is 13.2. The summed E-state index contributed by atoms with van der Waals surface area (Å²) in [4.78, 5) is 16.3. The fourth-order valence-corrected chi connectivity index (χ4v) is 4.40. The van der Waals surface area contributed by atoms with Crippen LogP contribution in [0.1, 0.15) is 16.5 Å². The van der Waals surface area contributed by atoms with E-state index in [9.17, 15) is 4.79 Å². The summed E-state index contributed by atoms with van der Waals surface area (Å²) in [6.07, 6.45) is 1.86. The third-order valence-corrected chi connectivity index (χ3v) is 6.00. The quantitative estimate of drug-likeness (QED) is 0.830. The van der Waals surface area contributed by atoms with E-state index in [1.165, 1.54) is 4.88 Å². The summed E-state index contributed by atoms with van der Waals surface area (Å²) in [5.41, 5.74) is 1.44. The lowest BCUT2D eigenvalue weighted by Crippen LogP contribution is -2.44. The van der Waals surface area contributed by atoms with Gasteiger partial charge in [-0.15, -0.1) is 11.3 Å². The Kier molecular flexibility index (Phi) is 5.78. The first kappa shape index (κ1) is 18.5. The lowest BCUT2D eigenvalue weighted by atomic mass is 10.1. The van der Waals surface area contributed by atoms with Crippen molar-refractivity contribution in [2.24, 2.45) is 0 Å². The Labute approximate surface area is 167 Å². The number of hydrogen-bond acceptors (Lipinski definition) is 5. The van der Waals surface area contributed by atoms with Crippen molar-refractivity contribution in [2.75, 3.05) is 39.5 Å². The van der Waals surface area contributed by atoms with Crippen molar-refractivity contribution in [3.05, 3.63) is 56.7 Å². The molecule has 3 heterocycles. The van der Waals surface area contributed by atoms with Gasteiger partial charge >= 0.3 is 0 Å². The first-order valence-corrected chi connectivity index (χ1v) is 10.2. The van der Waals surface area contributed by atoms with Crippen LogP contribution in [-0.2, 0) is 9.53 Å². The van der Waals surface area contributed by atoms with Gasteiger partial charge < -0.3 is 14.8 Å². The zero-order valence-corrected chi connectivity index (χ0v) is 16.4. The number of benzene rings is 1. The fourth-order valence-electron chi connectivity index (χ4n) is 3.36. The average Bonchev–Trinajstić information content (AvgIpc) is 3.22. The molecule has 2 aliphatic rings. The summed E-state index contributed by atoms with van der Waals surface area (Å²) in [6, 6.07) is 9.75. The number of hydrogen-bond donors (Lipinski definition) is 1. The molecule has 1 amide bonds. The molecule has 2 aromatic rings. The monoisotopic (exact) mass is 404 g/mol. The van der Waals surface area contributed by atoms with E-state index in [0.717, 1.165) is 37.6 Å². The van der Waals surface area contributed by atoms with E-state index in [-0.39, 0.29) is 18.6 Å². The molecule has 7 heteroatoms. The van der Waals surface area contributed by atoms with Crippen LogP contribution >= 0.6 is 22.9 Å². The summed E-state index contributed by atoms with van der Waals surface area (Å²) < 4.78 is 11.2. The highest BCUT2D eigenvalue weighted by Gasteiger charge is 2.25. The molecule has 0 spiro atoms. The third kappa shape index (κ3) is 4.35. The molecule has 5 nitrogen and oxygen atoms in total. The molecule has 0 bridgehead atoms. The third-order valence-electron chi connectivity index (χ3n) is 4.79. The minimum absolute atomic E-state index is 0.101. The van der Waals surface area contributed by atoms with E-state index in [0.29, 0.717) is 17.1 Å². The van der Waals surface area contributed by atoms with Crippen molar-refractivity contribution >= 4 is 34.9 Å². The number of nitrogens with zero attached hydrogens (tertiary/aromatic N) is 1. The van der Waals surface area contributed by atoms with E-state index in [1.807, 2.05) is 24.3 Å². The van der Waals surface area contributed by atoms with Crippen molar-refractivity contribution < 1.29 is 14.3 Å².